The summed E-state index contributed by atoms with van der Waals surface area (Å²) in [6.07, 6.45) is -0.232. The largest absolute Gasteiger partial charge is 0.466 e. The molecule has 0 spiro atoms. The van der Waals surface area contributed by atoms with Gasteiger partial charge in [-0.1, -0.05) is 15.9 Å². The van der Waals surface area contributed by atoms with Gasteiger partial charge in [0.25, 0.3) is 0 Å². The Morgan fingerprint density at radius 1 is 1.43 bits per heavy atom. The molecule has 0 unspecified atom stereocenters. The monoisotopic (exact) mass is 381 g/mol. The number of thioether (sulfide) groups is 1. The number of ether oxygens (including phenoxy) is 1. The zero-order chi connectivity index (χ0) is 16.0. The molecule has 1 aromatic carbocycles. The second-order valence-electron chi connectivity index (χ2n) is 3.84. The van der Waals surface area contributed by atoms with Crippen molar-refractivity contribution in [3.8, 4) is 6.07 Å². The van der Waals surface area contributed by atoms with Crippen LogP contribution in [0.5, 0.6) is 0 Å². The summed E-state index contributed by atoms with van der Waals surface area (Å²) in [5.41, 5.74) is -3.72. The standard InChI is InChI=1S/C13H11BrF3NO2S/c1-2-20-12(19)5-9-8(7-18)3-4-11(10(9)6-14)21-13(15,16)17/h3-4H,2,5-6H2,1H3. The first-order chi connectivity index (χ1) is 9.82. The molecule has 0 fully saturated rings. The molecule has 3 nitrogen and oxygen atoms in total. The molecule has 0 atom stereocenters. The quantitative estimate of drug-likeness (QED) is 0.436. The van der Waals surface area contributed by atoms with Gasteiger partial charge in [0.1, 0.15) is 0 Å². The third-order valence-corrected chi connectivity index (χ3v) is 3.89. The molecule has 0 bridgehead atoms. The van der Waals surface area contributed by atoms with Gasteiger partial charge in [0.05, 0.1) is 24.7 Å². The van der Waals surface area contributed by atoms with Crippen molar-refractivity contribution < 1.29 is 22.7 Å². The fourth-order valence-corrected chi connectivity index (χ4v) is 3.23. The lowest BCUT2D eigenvalue weighted by Gasteiger charge is -2.15. The van der Waals surface area contributed by atoms with Gasteiger partial charge in [-0.05, 0) is 41.9 Å². The highest BCUT2D eigenvalue weighted by molar-refractivity contribution is 9.08. The SMILES string of the molecule is CCOC(=O)Cc1c(C#N)ccc(SC(F)(F)F)c1CBr. The molecule has 0 saturated carbocycles. The van der Waals surface area contributed by atoms with Crippen molar-refractivity contribution in [3.05, 3.63) is 28.8 Å². The smallest absolute Gasteiger partial charge is 0.446 e. The number of nitriles is 1. The van der Waals surface area contributed by atoms with E-state index in [1.165, 1.54) is 12.1 Å². The van der Waals surface area contributed by atoms with E-state index in [-0.39, 0.29) is 51.7 Å². The number of hydrogen-bond acceptors (Lipinski definition) is 4. The number of carbonyl (C=O) groups excluding carboxylic acids is 1. The highest BCUT2D eigenvalue weighted by Crippen LogP contribution is 2.40. The van der Waals surface area contributed by atoms with Crippen LogP contribution in [0.3, 0.4) is 0 Å². The Morgan fingerprint density at radius 3 is 2.57 bits per heavy atom. The predicted octanol–water partition coefficient (Wildman–Crippen LogP) is 4.17. The molecule has 0 heterocycles. The molecule has 1 rings (SSSR count). The van der Waals surface area contributed by atoms with Crippen molar-refractivity contribution >= 4 is 33.7 Å². The van der Waals surface area contributed by atoms with Gasteiger partial charge in [0.15, 0.2) is 0 Å². The topological polar surface area (TPSA) is 50.1 Å². The summed E-state index contributed by atoms with van der Waals surface area (Å²) in [5.74, 6) is -0.578. The number of esters is 1. The minimum Gasteiger partial charge on any atom is -0.466 e. The Balaban J connectivity index is 3.27. The van der Waals surface area contributed by atoms with E-state index in [9.17, 15) is 18.0 Å². The first-order valence-corrected chi connectivity index (χ1v) is 7.78. The Morgan fingerprint density at radius 2 is 2.10 bits per heavy atom. The summed E-state index contributed by atoms with van der Waals surface area (Å²) in [6.45, 7) is 1.80. The summed E-state index contributed by atoms with van der Waals surface area (Å²) in [7, 11) is 0. The Hall–Kier alpha value is -1.20. The van der Waals surface area contributed by atoms with Crippen molar-refractivity contribution in [1.82, 2.24) is 0 Å². The molecular formula is C13H11BrF3NO2S. The molecule has 0 amide bonds. The molecule has 0 aliphatic rings. The second-order valence-corrected chi connectivity index (χ2v) is 5.51. The summed E-state index contributed by atoms with van der Waals surface area (Å²) in [6, 6.07) is 4.41. The zero-order valence-electron chi connectivity index (χ0n) is 11.0. The van der Waals surface area contributed by atoms with E-state index in [1.54, 1.807) is 6.92 Å². The Kier molecular flexibility index (Phi) is 6.55. The summed E-state index contributed by atoms with van der Waals surface area (Å²) >= 11 is 2.85. The van der Waals surface area contributed by atoms with Gasteiger partial charge in [0, 0.05) is 10.2 Å². The molecule has 0 radical (unpaired) electrons. The van der Waals surface area contributed by atoms with E-state index >= 15 is 0 Å². The molecule has 21 heavy (non-hydrogen) atoms. The van der Waals surface area contributed by atoms with Crippen LogP contribution in [0.25, 0.3) is 0 Å². The third-order valence-electron chi connectivity index (χ3n) is 2.49. The number of hydrogen-bond donors (Lipinski definition) is 0. The van der Waals surface area contributed by atoms with Gasteiger partial charge in [-0.25, -0.2) is 0 Å². The van der Waals surface area contributed by atoms with Crippen molar-refractivity contribution in [2.75, 3.05) is 6.61 Å². The minimum absolute atomic E-state index is 0.0299. The lowest BCUT2D eigenvalue weighted by molar-refractivity contribution is -0.142. The summed E-state index contributed by atoms with van der Waals surface area (Å²) < 4.78 is 42.4. The maximum absolute atomic E-state index is 12.5. The lowest BCUT2D eigenvalue weighted by Crippen LogP contribution is -2.12. The van der Waals surface area contributed by atoms with E-state index in [0.717, 1.165) is 0 Å². The van der Waals surface area contributed by atoms with Crippen LogP contribution >= 0.6 is 27.7 Å². The van der Waals surface area contributed by atoms with Gasteiger partial charge in [-0.2, -0.15) is 18.4 Å². The van der Waals surface area contributed by atoms with Gasteiger partial charge in [-0.15, -0.1) is 0 Å². The fourth-order valence-electron chi connectivity index (χ4n) is 1.70. The van der Waals surface area contributed by atoms with E-state index in [0.29, 0.717) is 0 Å². The normalized spacial score (nSPS) is 11.0. The lowest BCUT2D eigenvalue weighted by atomic mass is 10.00. The molecule has 114 valence electrons. The van der Waals surface area contributed by atoms with Crippen molar-refractivity contribution in [2.45, 2.75) is 29.1 Å². The molecular weight excluding hydrogens is 371 g/mol. The number of carbonyl (C=O) groups is 1. The van der Waals surface area contributed by atoms with Gasteiger partial charge < -0.3 is 4.74 Å². The maximum Gasteiger partial charge on any atom is 0.446 e. The van der Waals surface area contributed by atoms with E-state index < -0.39 is 11.5 Å². The number of rotatable bonds is 5. The van der Waals surface area contributed by atoms with E-state index in [2.05, 4.69) is 15.9 Å². The molecule has 1 aromatic rings. The summed E-state index contributed by atoms with van der Waals surface area (Å²) in [4.78, 5) is 11.5. The van der Waals surface area contributed by atoms with Crippen LogP contribution in [0.4, 0.5) is 13.2 Å². The molecule has 8 heteroatoms. The minimum atomic E-state index is -4.44. The highest BCUT2D eigenvalue weighted by atomic mass is 79.9. The van der Waals surface area contributed by atoms with Crippen molar-refractivity contribution in [1.29, 1.82) is 5.26 Å². The summed E-state index contributed by atoms with van der Waals surface area (Å²) in [5, 5.41) is 9.17. The van der Waals surface area contributed by atoms with Crippen LogP contribution in [0.15, 0.2) is 17.0 Å². The zero-order valence-corrected chi connectivity index (χ0v) is 13.4. The number of alkyl halides is 4. The number of benzene rings is 1. The van der Waals surface area contributed by atoms with E-state index in [1.807, 2.05) is 6.07 Å². The first-order valence-electron chi connectivity index (χ1n) is 5.84. The average Bonchev–Trinajstić information content (AvgIpc) is 2.37. The Labute approximate surface area is 132 Å². The first kappa shape index (κ1) is 17.9. The van der Waals surface area contributed by atoms with Crippen molar-refractivity contribution in [2.24, 2.45) is 0 Å². The molecule has 0 saturated heterocycles. The van der Waals surface area contributed by atoms with Crippen LogP contribution in [0.2, 0.25) is 0 Å². The number of nitrogens with zero attached hydrogens (tertiary/aromatic N) is 1. The van der Waals surface area contributed by atoms with Gasteiger partial charge >= 0.3 is 11.5 Å². The number of halogens is 4. The highest BCUT2D eigenvalue weighted by Gasteiger charge is 2.31. The Bertz CT molecular complexity index is 570. The van der Waals surface area contributed by atoms with Crippen LogP contribution in [0.1, 0.15) is 23.6 Å². The van der Waals surface area contributed by atoms with Gasteiger partial charge in [0.2, 0.25) is 0 Å². The van der Waals surface area contributed by atoms with E-state index in [4.69, 9.17) is 10.00 Å². The molecule has 0 aliphatic carbocycles. The molecule has 0 aromatic heterocycles. The fraction of sp³-hybridized carbons (Fsp3) is 0.385. The van der Waals surface area contributed by atoms with Crippen LogP contribution in [0, 0.1) is 11.3 Å². The van der Waals surface area contributed by atoms with Gasteiger partial charge in [-0.3, -0.25) is 4.79 Å². The predicted molar refractivity (Wildman–Crippen MR) is 76.0 cm³/mol. The van der Waals surface area contributed by atoms with Crippen LogP contribution in [-0.4, -0.2) is 18.1 Å². The molecule has 0 aliphatic heterocycles. The average molecular weight is 382 g/mol. The van der Waals surface area contributed by atoms with Crippen molar-refractivity contribution in [3.63, 3.8) is 0 Å². The van der Waals surface area contributed by atoms with Crippen LogP contribution < -0.4 is 0 Å². The third kappa shape index (κ3) is 5.25. The second kappa shape index (κ2) is 7.71. The van der Waals surface area contributed by atoms with Crippen LogP contribution in [-0.2, 0) is 21.3 Å². The molecule has 0 N–H and O–H groups in total. The maximum atomic E-state index is 12.5.